The fourth-order valence-corrected chi connectivity index (χ4v) is 3.79. The molecule has 0 amide bonds. The number of carbonyl (C=O) groups is 1. The lowest BCUT2D eigenvalue weighted by Gasteiger charge is -2.26. The Labute approximate surface area is 166 Å². The number of nitrogens with zero attached hydrogens (tertiary/aromatic N) is 1. The lowest BCUT2D eigenvalue weighted by Crippen LogP contribution is -2.28. The van der Waals surface area contributed by atoms with Crippen molar-refractivity contribution in [3.05, 3.63) is 51.2 Å². The molecule has 148 valence electrons. The number of unbranched alkanes of at least 4 members (excludes halogenated alkanes) is 1. The van der Waals surface area contributed by atoms with Crippen LogP contribution in [0, 0.1) is 0 Å². The molecule has 0 aliphatic heterocycles. The van der Waals surface area contributed by atoms with Gasteiger partial charge in [-0.15, -0.1) is 11.3 Å². The number of ketones is 1. The average Bonchev–Trinajstić information content (AvgIpc) is 3.14. The minimum absolute atomic E-state index is 0.0148. The summed E-state index contributed by atoms with van der Waals surface area (Å²) < 4.78 is 0. The van der Waals surface area contributed by atoms with Crippen LogP contribution in [0.5, 0.6) is 5.75 Å². The van der Waals surface area contributed by atoms with E-state index in [0.717, 1.165) is 30.5 Å². The molecule has 1 heterocycles. The molecule has 0 fully saturated rings. The van der Waals surface area contributed by atoms with Gasteiger partial charge in [0.05, 0.1) is 11.5 Å². The number of aliphatic hydroxyl groups excluding tert-OH is 1. The van der Waals surface area contributed by atoms with Gasteiger partial charge in [0, 0.05) is 29.8 Å². The molecule has 4 nitrogen and oxygen atoms in total. The molecule has 1 aromatic heterocycles. The van der Waals surface area contributed by atoms with Gasteiger partial charge in [0.25, 0.3) is 0 Å². The van der Waals surface area contributed by atoms with Gasteiger partial charge in [-0.1, -0.05) is 40.2 Å². The molecule has 2 aromatic rings. The number of hydrogen-bond acceptors (Lipinski definition) is 5. The van der Waals surface area contributed by atoms with Crippen molar-refractivity contribution in [2.24, 2.45) is 0 Å². The van der Waals surface area contributed by atoms with Crippen molar-refractivity contribution in [2.75, 3.05) is 19.7 Å². The van der Waals surface area contributed by atoms with E-state index in [0.29, 0.717) is 23.5 Å². The van der Waals surface area contributed by atoms with Gasteiger partial charge in [0.15, 0.2) is 0 Å². The van der Waals surface area contributed by atoms with Crippen LogP contribution in [-0.2, 0) is 12.0 Å². The molecule has 0 spiro atoms. The topological polar surface area (TPSA) is 60.8 Å². The highest BCUT2D eigenvalue weighted by Crippen LogP contribution is 2.36. The Hall–Kier alpha value is -1.69. The molecule has 2 rings (SSSR count). The molecule has 0 atom stereocenters. The Balaban J connectivity index is 2.45. The first kappa shape index (κ1) is 21.6. The van der Waals surface area contributed by atoms with Gasteiger partial charge in [0.1, 0.15) is 5.75 Å². The molecular weight excluding hydrogens is 358 g/mol. The Morgan fingerprint density at radius 3 is 2.52 bits per heavy atom. The summed E-state index contributed by atoms with van der Waals surface area (Å²) in [5.74, 6) is 0.240. The second-order valence-electron chi connectivity index (χ2n) is 7.94. The monoisotopic (exact) mass is 389 g/mol. The fraction of sp³-hybridized carbons (Fsp3) is 0.500. The first-order valence-corrected chi connectivity index (χ1v) is 10.4. The Kier molecular flexibility index (Phi) is 7.59. The predicted molar refractivity (Wildman–Crippen MR) is 112 cm³/mol. The Morgan fingerprint density at radius 1 is 1.22 bits per heavy atom. The number of benzene rings is 1. The molecule has 1 aromatic carbocycles. The molecule has 27 heavy (non-hydrogen) atoms. The van der Waals surface area contributed by atoms with E-state index in [1.165, 1.54) is 11.3 Å². The lowest BCUT2D eigenvalue weighted by molar-refractivity contribution is 0.104. The SMILES string of the molecule is CCCCN(CCO)Cc1cc(C(=O)c2cccs2)cc(C(C)(C)C)c1O. The molecule has 0 saturated carbocycles. The van der Waals surface area contributed by atoms with Gasteiger partial charge in [-0.25, -0.2) is 0 Å². The van der Waals surface area contributed by atoms with Crippen molar-refractivity contribution < 1.29 is 15.0 Å². The molecule has 0 radical (unpaired) electrons. The average molecular weight is 390 g/mol. The maximum absolute atomic E-state index is 12.9. The van der Waals surface area contributed by atoms with E-state index >= 15 is 0 Å². The number of phenols is 1. The van der Waals surface area contributed by atoms with Crippen LogP contribution in [0.2, 0.25) is 0 Å². The van der Waals surface area contributed by atoms with Crippen molar-refractivity contribution in [3.8, 4) is 5.75 Å². The van der Waals surface area contributed by atoms with E-state index in [-0.39, 0.29) is 23.6 Å². The van der Waals surface area contributed by atoms with Gasteiger partial charge in [0.2, 0.25) is 5.78 Å². The summed E-state index contributed by atoms with van der Waals surface area (Å²) in [7, 11) is 0. The van der Waals surface area contributed by atoms with Crippen molar-refractivity contribution in [3.63, 3.8) is 0 Å². The normalized spacial score (nSPS) is 11.9. The number of phenolic OH excluding ortho intramolecular Hbond substituents is 1. The highest BCUT2D eigenvalue weighted by Gasteiger charge is 2.24. The Morgan fingerprint density at radius 2 is 1.96 bits per heavy atom. The number of rotatable bonds is 9. The van der Waals surface area contributed by atoms with Crippen LogP contribution in [0.3, 0.4) is 0 Å². The molecule has 0 aliphatic rings. The second kappa shape index (κ2) is 9.49. The van der Waals surface area contributed by atoms with Crippen molar-refractivity contribution in [1.82, 2.24) is 4.90 Å². The van der Waals surface area contributed by atoms with Crippen LogP contribution in [-0.4, -0.2) is 40.6 Å². The van der Waals surface area contributed by atoms with Gasteiger partial charge in [-0.3, -0.25) is 9.69 Å². The van der Waals surface area contributed by atoms with Gasteiger partial charge < -0.3 is 10.2 Å². The van der Waals surface area contributed by atoms with Crippen molar-refractivity contribution >= 4 is 17.1 Å². The van der Waals surface area contributed by atoms with E-state index in [4.69, 9.17) is 0 Å². The van der Waals surface area contributed by atoms with E-state index in [1.54, 1.807) is 0 Å². The maximum Gasteiger partial charge on any atom is 0.202 e. The third-order valence-corrected chi connectivity index (χ3v) is 5.51. The van der Waals surface area contributed by atoms with Crippen LogP contribution in [0.4, 0.5) is 0 Å². The van der Waals surface area contributed by atoms with Gasteiger partial charge >= 0.3 is 0 Å². The quantitative estimate of drug-likeness (QED) is 0.617. The molecule has 0 bridgehead atoms. The molecule has 0 aliphatic carbocycles. The van der Waals surface area contributed by atoms with E-state index < -0.39 is 0 Å². The standard InChI is InChI=1S/C22H31NO3S/c1-5-6-9-23(10-11-24)15-17-13-16(21(26)19-8-7-12-27-19)14-18(20(17)25)22(2,3)4/h7-8,12-14,24-25H,5-6,9-11,15H2,1-4H3. The summed E-state index contributed by atoms with van der Waals surface area (Å²) in [4.78, 5) is 15.7. The van der Waals surface area contributed by atoms with Crippen LogP contribution in [0.15, 0.2) is 29.6 Å². The summed E-state index contributed by atoms with van der Waals surface area (Å²) in [6.07, 6.45) is 2.10. The zero-order valence-corrected chi connectivity index (χ0v) is 17.6. The van der Waals surface area contributed by atoms with Crippen molar-refractivity contribution in [1.29, 1.82) is 0 Å². The molecular formula is C22H31NO3S. The third-order valence-electron chi connectivity index (χ3n) is 4.64. The smallest absolute Gasteiger partial charge is 0.202 e. The predicted octanol–water partition coefficient (Wildman–Crippen LogP) is 4.58. The van der Waals surface area contributed by atoms with Gasteiger partial charge in [-0.05, 0) is 42.0 Å². The Bertz CT molecular complexity index is 748. The van der Waals surface area contributed by atoms with Crippen LogP contribution < -0.4 is 0 Å². The maximum atomic E-state index is 12.9. The largest absolute Gasteiger partial charge is 0.507 e. The zero-order valence-electron chi connectivity index (χ0n) is 16.8. The second-order valence-corrected chi connectivity index (χ2v) is 8.89. The fourth-order valence-electron chi connectivity index (χ4n) is 3.10. The highest BCUT2D eigenvalue weighted by atomic mass is 32.1. The highest BCUT2D eigenvalue weighted by molar-refractivity contribution is 7.12. The summed E-state index contributed by atoms with van der Waals surface area (Å²) >= 11 is 1.43. The van der Waals surface area contributed by atoms with E-state index in [2.05, 4.69) is 11.8 Å². The number of thiophene rings is 1. The minimum atomic E-state index is -0.282. The van der Waals surface area contributed by atoms with E-state index in [9.17, 15) is 15.0 Å². The molecule has 0 saturated heterocycles. The summed E-state index contributed by atoms with van der Waals surface area (Å²) in [6.45, 7) is 10.2. The number of hydrogen-bond donors (Lipinski definition) is 2. The first-order valence-electron chi connectivity index (χ1n) is 9.55. The molecule has 2 N–H and O–H groups in total. The number of aliphatic hydroxyl groups is 1. The van der Waals surface area contributed by atoms with E-state index in [1.807, 2.05) is 50.4 Å². The number of carbonyl (C=O) groups excluding carboxylic acids is 1. The summed E-state index contributed by atoms with van der Waals surface area (Å²) in [5.41, 5.74) is 1.84. The third kappa shape index (κ3) is 5.64. The lowest BCUT2D eigenvalue weighted by atomic mass is 9.83. The molecule has 0 unspecified atom stereocenters. The zero-order chi connectivity index (χ0) is 20.0. The summed E-state index contributed by atoms with van der Waals surface area (Å²) in [6, 6.07) is 7.33. The summed E-state index contributed by atoms with van der Waals surface area (Å²) in [5, 5.41) is 22.2. The van der Waals surface area contributed by atoms with Gasteiger partial charge in [-0.2, -0.15) is 0 Å². The van der Waals surface area contributed by atoms with Crippen LogP contribution in [0.1, 0.15) is 66.9 Å². The minimum Gasteiger partial charge on any atom is -0.507 e. The number of aromatic hydroxyl groups is 1. The molecule has 5 heteroatoms. The first-order chi connectivity index (χ1) is 12.8. The van der Waals surface area contributed by atoms with Crippen LogP contribution >= 0.6 is 11.3 Å². The van der Waals surface area contributed by atoms with Crippen LogP contribution in [0.25, 0.3) is 0 Å². The van der Waals surface area contributed by atoms with Crippen molar-refractivity contribution in [2.45, 2.75) is 52.5 Å².